The van der Waals surface area contributed by atoms with E-state index in [9.17, 15) is 13.2 Å². The molecule has 93 valence electrons. The Labute approximate surface area is 96.5 Å². The van der Waals surface area contributed by atoms with Gasteiger partial charge in [-0.15, -0.1) is 13.2 Å². The Balaban J connectivity index is 2.10. The zero-order chi connectivity index (χ0) is 12.3. The normalized spacial score (nSPS) is 21.2. The van der Waals surface area contributed by atoms with Gasteiger partial charge in [0.15, 0.2) is 0 Å². The Bertz CT molecular complexity index is 375. The summed E-state index contributed by atoms with van der Waals surface area (Å²) < 4.78 is 45.4. The minimum atomic E-state index is -4.67. The van der Waals surface area contributed by atoms with Gasteiger partial charge in [0.1, 0.15) is 5.75 Å². The summed E-state index contributed by atoms with van der Waals surface area (Å²) in [6.07, 6.45) is -4.95. The minimum Gasteiger partial charge on any atom is -0.406 e. The first-order valence-corrected chi connectivity index (χ1v) is 5.15. The molecule has 0 aromatic heterocycles. The highest BCUT2D eigenvalue weighted by molar-refractivity contribution is 5.30. The summed E-state index contributed by atoms with van der Waals surface area (Å²) in [4.78, 5) is 0. The predicted octanol–water partition coefficient (Wildman–Crippen LogP) is 2.26. The van der Waals surface area contributed by atoms with Crippen molar-refractivity contribution in [2.24, 2.45) is 0 Å². The summed E-state index contributed by atoms with van der Waals surface area (Å²) in [5.41, 5.74) is 0.648. The van der Waals surface area contributed by atoms with E-state index in [0.29, 0.717) is 25.3 Å². The molecule has 1 aromatic carbocycles. The van der Waals surface area contributed by atoms with Gasteiger partial charge in [-0.05, 0) is 17.7 Å². The molecule has 0 spiro atoms. The Morgan fingerprint density at radius 1 is 1.35 bits per heavy atom. The number of alkyl halides is 3. The van der Waals surface area contributed by atoms with E-state index < -0.39 is 6.36 Å². The van der Waals surface area contributed by atoms with Crippen molar-refractivity contribution in [3.8, 4) is 5.75 Å². The van der Waals surface area contributed by atoms with E-state index in [4.69, 9.17) is 4.74 Å². The SMILES string of the molecule is FC(F)(F)Oc1cccc(C2C[N]CCO2)c1. The topological polar surface area (TPSA) is 32.6 Å². The van der Waals surface area contributed by atoms with Gasteiger partial charge in [-0.1, -0.05) is 12.1 Å². The molecule has 1 unspecified atom stereocenters. The number of nitrogens with zero attached hydrogens (tertiary/aromatic N) is 1. The maximum absolute atomic E-state index is 12.0. The predicted molar refractivity (Wildman–Crippen MR) is 53.7 cm³/mol. The molecule has 2 rings (SSSR count). The third-order valence-corrected chi connectivity index (χ3v) is 2.33. The Morgan fingerprint density at radius 3 is 2.82 bits per heavy atom. The van der Waals surface area contributed by atoms with Gasteiger partial charge >= 0.3 is 6.36 Å². The first-order valence-electron chi connectivity index (χ1n) is 5.15. The number of rotatable bonds is 2. The Kier molecular flexibility index (Phi) is 3.54. The molecule has 17 heavy (non-hydrogen) atoms. The standard InChI is InChI=1S/C11H11F3NO2/c12-11(13,14)17-9-3-1-2-8(6-9)10-7-15-4-5-16-10/h1-3,6,10H,4-5,7H2. The maximum Gasteiger partial charge on any atom is 0.573 e. The maximum atomic E-state index is 12.0. The first-order chi connectivity index (χ1) is 8.04. The molecule has 1 heterocycles. The third kappa shape index (κ3) is 3.61. The number of hydrogen-bond donors (Lipinski definition) is 0. The second-order valence-electron chi connectivity index (χ2n) is 3.61. The van der Waals surface area contributed by atoms with Crippen LogP contribution >= 0.6 is 0 Å². The highest BCUT2D eigenvalue weighted by Crippen LogP contribution is 2.27. The van der Waals surface area contributed by atoms with Crippen LogP contribution in [0.3, 0.4) is 0 Å². The van der Waals surface area contributed by atoms with Crippen LogP contribution in [0.15, 0.2) is 24.3 Å². The van der Waals surface area contributed by atoms with Gasteiger partial charge in [-0.3, -0.25) is 0 Å². The summed E-state index contributed by atoms with van der Waals surface area (Å²) in [5, 5.41) is 4.15. The van der Waals surface area contributed by atoms with E-state index in [1.165, 1.54) is 18.2 Å². The molecule has 1 aliphatic heterocycles. The summed E-state index contributed by atoms with van der Waals surface area (Å²) in [7, 11) is 0. The van der Waals surface area contributed by atoms with Crippen molar-refractivity contribution in [2.75, 3.05) is 19.7 Å². The second kappa shape index (κ2) is 4.93. The number of morpholine rings is 1. The number of ether oxygens (including phenoxy) is 2. The molecule has 3 nitrogen and oxygen atoms in total. The van der Waals surface area contributed by atoms with Crippen LogP contribution in [-0.2, 0) is 4.74 Å². The molecule has 0 aliphatic carbocycles. The van der Waals surface area contributed by atoms with Gasteiger partial charge in [0.25, 0.3) is 0 Å². The van der Waals surface area contributed by atoms with Gasteiger partial charge in [0, 0.05) is 13.1 Å². The average molecular weight is 246 g/mol. The van der Waals surface area contributed by atoms with Crippen LogP contribution in [0, 0.1) is 0 Å². The largest absolute Gasteiger partial charge is 0.573 e. The van der Waals surface area contributed by atoms with Crippen molar-refractivity contribution >= 4 is 0 Å². The number of benzene rings is 1. The lowest BCUT2D eigenvalue weighted by Gasteiger charge is -2.23. The fourth-order valence-corrected chi connectivity index (χ4v) is 1.63. The highest BCUT2D eigenvalue weighted by Gasteiger charge is 2.31. The smallest absolute Gasteiger partial charge is 0.406 e. The Hall–Kier alpha value is -1.27. The molecule has 1 aliphatic rings. The van der Waals surface area contributed by atoms with Crippen LogP contribution in [0.2, 0.25) is 0 Å². The van der Waals surface area contributed by atoms with Crippen LogP contribution in [0.4, 0.5) is 13.2 Å². The highest BCUT2D eigenvalue weighted by atomic mass is 19.4. The summed E-state index contributed by atoms with van der Waals surface area (Å²) in [5.74, 6) is -0.232. The summed E-state index contributed by atoms with van der Waals surface area (Å²) in [6.45, 7) is 1.60. The number of halogens is 3. The zero-order valence-electron chi connectivity index (χ0n) is 8.91. The first kappa shape index (κ1) is 12.2. The fourth-order valence-electron chi connectivity index (χ4n) is 1.63. The van der Waals surface area contributed by atoms with Gasteiger partial charge < -0.3 is 9.47 Å². The van der Waals surface area contributed by atoms with Crippen molar-refractivity contribution in [1.82, 2.24) is 5.32 Å². The average Bonchev–Trinajstić information content (AvgIpc) is 2.28. The van der Waals surface area contributed by atoms with Crippen LogP contribution < -0.4 is 10.1 Å². The summed E-state index contributed by atoms with van der Waals surface area (Å²) in [6, 6.07) is 5.80. The van der Waals surface area contributed by atoms with E-state index in [1.807, 2.05) is 0 Å². The zero-order valence-corrected chi connectivity index (χ0v) is 8.91. The molecular formula is C11H11F3NO2. The molecule has 1 fully saturated rings. The van der Waals surface area contributed by atoms with Crippen molar-refractivity contribution in [3.05, 3.63) is 29.8 Å². The lowest BCUT2D eigenvalue weighted by Crippen LogP contribution is -2.28. The van der Waals surface area contributed by atoms with Gasteiger partial charge in [-0.25, -0.2) is 5.32 Å². The molecule has 1 radical (unpaired) electrons. The van der Waals surface area contributed by atoms with Gasteiger partial charge in [0.2, 0.25) is 0 Å². The van der Waals surface area contributed by atoms with E-state index >= 15 is 0 Å². The number of hydrogen-bond acceptors (Lipinski definition) is 2. The monoisotopic (exact) mass is 246 g/mol. The third-order valence-electron chi connectivity index (χ3n) is 2.33. The van der Waals surface area contributed by atoms with E-state index in [-0.39, 0.29) is 11.9 Å². The molecule has 1 aromatic rings. The summed E-state index contributed by atoms with van der Waals surface area (Å²) >= 11 is 0. The molecule has 1 saturated heterocycles. The van der Waals surface area contributed by atoms with Crippen molar-refractivity contribution in [3.63, 3.8) is 0 Å². The molecule has 0 N–H and O–H groups in total. The molecule has 0 bridgehead atoms. The quantitative estimate of drug-likeness (QED) is 0.801. The fraction of sp³-hybridized carbons (Fsp3) is 0.455. The van der Waals surface area contributed by atoms with Crippen molar-refractivity contribution in [1.29, 1.82) is 0 Å². The van der Waals surface area contributed by atoms with Crippen LogP contribution in [0.5, 0.6) is 5.75 Å². The lowest BCUT2D eigenvalue weighted by molar-refractivity contribution is -0.274. The van der Waals surface area contributed by atoms with Crippen LogP contribution in [0.1, 0.15) is 11.7 Å². The van der Waals surface area contributed by atoms with Gasteiger partial charge in [0.05, 0.1) is 12.7 Å². The molecule has 1 atom stereocenters. The van der Waals surface area contributed by atoms with Gasteiger partial charge in [-0.2, -0.15) is 0 Å². The molecular weight excluding hydrogens is 235 g/mol. The van der Waals surface area contributed by atoms with E-state index in [1.54, 1.807) is 6.07 Å². The van der Waals surface area contributed by atoms with E-state index in [0.717, 1.165) is 0 Å². The lowest BCUT2D eigenvalue weighted by atomic mass is 10.1. The minimum absolute atomic E-state index is 0.232. The van der Waals surface area contributed by atoms with Crippen LogP contribution in [-0.4, -0.2) is 26.1 Å². The van der Waals surface area contributed by atoms with Crippen LogP contribution in [0.25, 0.3) is 0 Å². The van der Waals surface area contributed by atoms with Crippen molar-refractivity contribution in [2.45, 2.75) is 12.5 Å². The molecule has 0 saturated carbocycles. The molecule has 6 heteroatoms. The second-order valence-corrected chi connectivity index (χ2v) is 3.61. The molecule has 0 amide bonds. The van der Waals surface area contributed by atoms with Crippen molar-refractivity contribution < 1.29 is 22.6 Å². The Morgan fingerprint density at radius 2 is 2.18 bits per heavy atom. The van der Waals surface area contributed by atoms with E-state index in [2.05, 4.69) is 10.1 Å².